The van der Waals surface area contributed by atoms with Gasteiger partial charge in [-0.2, -0.15) is 0 Å². The number of carboxylic acids is 1. The number of carboxylic acid groups (broad SMARTS) is 1. The minimum atomic E-state index is -0.993. The van der Waals surface area contributed by atoms with Crippen LogP contribution in [0.3, 0.4) is 0 Å². The molecule has 3 heteroatoms. The molecule has 0 aliphatic heterocycles. The third-order valence-corrected chi connectivity index (χ3v) is 2.36. The maximum Gasteiger partial charge on any atom is 0.320 e. The lowest BCUT2D eigenvalue weighted by atomic mass is 10.00. The summed E-state index contributed by atoms with van der Waals surface area (Å²) in [6, 6.07) is 4.75. The summed E-state index contributed by atoms with van der Waals surface area (Å²) in [6.07, 6.45) is 3.76. The second kappa shape index (κ2) is 5.28. The zero-order chi connectivity index (χ0) is 12.1. The van der Waals surface area contributed by atoms with Crippen LogP contribution in [0.15, 0.2) is 31.4 Å². The molecule has 0 amide bonds. The fourth-order valence-electron chi connectivity index (χ4n) is 1.46. The van der Waals surface area contributed by atoms with E-state index in [0.29, 0.717) is 6.42 Å². The maximum atomic E-state index is 10.6. The zero-order valence-electron chi connectivity index (χ0n) is 9.02. The molecule has 1 aromatic carbocycles. The molecule has 1 atom stereocenters. The van der Waals surface area contributed by atoms with Gasteiger partial charge in [-0.15, -0.1) is 0 Å². The van der Waals surface area contributed by atoms with Gasteiger partial charge in [0.15, 0.2) is 0 Å². The number of rotatable bonds is 5. The molecule has 0 saturated heterocycles. The van der Waals surface area contributed by atoms with Crippen molar-refractivity contribution in [2.45, 2.75) is 12.5 Å². The van der Waals surface area contributed by atoms with E-state index in [4.69, 9.17) is 10.8 Å². The monoisotopic (exact) mass is 217 g/mol. The summed E-state index contributed by atoms with van der Waals surface area (Å²) in [5.74, 6) is -0.993. The topological polar surface area (TPSA) is 63.3 Å². The Morgan fingerprint density at radius 1 is 1.38 bits per heavy atom. The Bertz CT molecular complexity index is 424. The molecule has 0 aromatic heterocycles. The molecular weight excluding hydrogens is 202 g/mol. The van der Waals surface area contributed by atoms with Crippen molar-refractivity contribution < 1.29 is 9.90 Å². The molecule has 0 aliphatic carbocycles. The van der Waals surface area contributed by atoms with Crippen molar-refractivity contribution in [3.8, 4) is 0 Å². The van der Waals surface area contributed by atoms with Crippen molar-refractivity contribution in [3.63, 3.8) is 0 Å². The number of aliphatic carboxylic acids is 1. The average molecular weight is 217 g/mol. The van der Waals surface area contributed by atoms with Crippen LogP contribution in [0.1, 0.15) is 16.7 Å². The van der Waals surface area contributed by atoms with Gasteiger partial charge in [-0.05, 0) is 23.1 Å². The third-order valence-electron chi connectivity index (χ3n) is 2.36. The van der Waals surface area contributed by atoms with Crippen molar-refractivity contribution in [2.24, 2.45) is 5.73 Å². The van der Waals surface area contributed by atoms with Crippen LogP contribution in [-0.2, 0) is 11.2 Å². The molecule has 1 unspecified atom stereocenters. The molecule has 16 heavy (non-hydrogen) atoms. The maximum absolute atomic E-state index is 10.6. The summed E-state index contributed by atoms with van der Waals surface area (Å²) in [6.45, 7) is 7.39. The minimum absolute atomic E-state index is 0.313. The van der Waals surface area contributed by atoms with Crippen LogP contribution in [0.25, 0.3) is 12.2 Å². The lowest BCUT2D eigenvalue weighted by Gasteiger charge is -2.08. The lowest BCUT2D eigenvalue weighted by molar-refractivity contribution is -0.138. The van der Waals surface area contributed by atoms with Crippen LogP contribution in [0.2, 0.25) is 0 Å². The van der Waals surface area contributed by atoms with Gasteiger partial charge in [-0.25, -0.2) is 0 Å². The molecule has 84 valence electrons. The number of nitrogens with two attached hydrogens (primary N) is 1. The molecule has 0 radical (unpaired) electrons. The van der Waals surface area contributed by atoms with Crippen LogP contribution in [0, 0.1) is 0 Å². The Kier molecular flexibility index (Phi) is 4.03. The van der Waals surface area contributed by atoms with Crippen molar-refractivity contribution in [1.29, 1.82) is 0 Å². The van der Waals surface area contributed by atoms with Crippen LogP contribution in [0.5, 0.6) is 0 Å². The molecule has 0 spiro atoms. The summed E-state index contributed by atoms with van der Waals surface area (Å²) in [7, 11) is 0. The number of hydrogen-bond donors (Lipinski definition) is 2. The Morgan fingerprint density at radius 3 is 2.50 bits per heavy atom. The Morgan fingerprint density at radius 2 is 2.00 bits per heavy atom. The van der Waals surface area contributed by atoms with Gasteiger partial charge in [0, 0.05) is 0 Å². The van der Waals surface area contributed by atoms with E-state index in [-0.39, 0.29) is 0 Å². The highest BCUT2D eigenvalue weighted by molar-refractivity contribution is 5.73. The van der Waals surface area contributed by atoms with Crippen molar-refractivity contribution in [1.82, 2.24) is 0 Å². The van der Waals surface area contributed by atoms with Gasteiger partial charge in [-0.3, -0.25) is 4.79 Å². The van der Waals surface area contributed by atoms with E-state index in [1.807, 2.05) is 18.2 Å². The van der Waals surface area contributed by atoms with Crippen LogP contribution in [0.4, 0.5) is 0 Å². The molecule has 0 fully saturated rings. The number of benzene rings is 1. The Labute approximate surface area is 94.9 Å². The van der Waals surface area contributed by atoms with Crippen molar-refractivity contribution >= 4 is 18.1 Å². The number of carbonyl (C=O) groups is 1. The van der Waals surface area contributed by atoms with Crippen LogP contribution >= 0.6 is 0 Å². The van der Waals surface area contributed by atoms with Gasteiger partial charge in [0.2, 0.25) is 0 Å². The van der Waals surface area contributed by atoms with Gasteiger partial charge in [0.25, 0.3) is 0 Å². The SMILES string of the molecule is C=Cc1ccc(CC(N)C(=O)O)cc1C=C. The van der Waals surface area contributed by atoms with Gasteiger partial charge in [0.05, 0.1) is 0 Å². The highest BCUT2D eigenvalue weighted by Gasteiger charge is 2.12. The van der Waals surface area contributed by atoms with Gasteiger partial charge < -0.3 is 10.8 Å². The van der Waals surface area contributed by atoms with Crippen molar-refractivity contribution in [2.75, 3.05) is 0 Å². The lowest BCUT2D eigenvalue weighted by Crippen LogP contribution is -2.32. The predicted molar refractivity (Wildman–Crippen MR) is 65.9 cm³/mol. The molecule has 1 rings (SSSR count). The first kappa shape index (κ1) is 12.2. The molecule has 3 N–H and O–H groups in total. The summed E-state index contributed by atoms with van der Waals surface area (Å²) in [5, 5.41) is 8.71. The first-order valence-corrected chi connectivity index (χ1v) is 4.94. The van der Waals surface area contributed by atoms with E-state index in [1.165, 1.54) is 0 Å². The Balaban J connectivity index is 2.95. The van der Waals surface area contributed by atoms with E-state index in [2.05, 4.69) is 13.2 Å². The normalized spacial score (nSPS) is 11.8. The predicted octanol–water partition coefficient (Wildman–Crippen LogP) is 1.93. The number of hydrogen-bond acceptors (Lipinski definition) is 2. The van der Waals surface area contributed by atoms with E-state index in [1.54, 1.807) is 12.2 Å². The highest BCUT2D eigenvalue weighted by Crippen LogP contribution is 2.15. The van der Waals surface area contributed by atoms with E-state index in [9.17, 15) is 4.79 Å². The first-order valence-electron chi connectivity index (χ1n) is 4.94. The second-order valence-corrected chi connectivity index (χ2v) is 3.52. The van der Waals surface area contributed by atoms with E-state index < -0.39 is 12.0 Å². The molecule has 1 aromatic rings. The standard InChI is InChI=1S/C13H15NO2/c1-3-10-6-5-9(7-11(10)4-2)8-12(14)13(15)16/h3-7,12H,1-2,8,14H2,(H,15,16). The summed E-state index contributed by atoms with van der Waals surface area (Å²) in [5.41, 5.74) is 8.26. The molecule has 0 heterocycles. The summed E-state index contributed by atoms with van der Waals surface area (Å²) >= 11 is 0. The van der Waals surface area contributed by atoms with Crippen LogP contribution < -0.4 is 5.73 Å². The molecule has 0 saturated carbocycles. The largest absolute Gasteiger partial charge is 0.480 e. The van der Waals surface area contributed by atoms with Crippen LogP contribution in [-0.4, -0.2) is 17.1 Å². The average Bonchev–Trinajstić information content (AvgIpc) is 2.28. The zero-order valence-corrected chi connectivity index (χ0v) is 9.02. The minimum Gasteiger partial charge on any atom is -0.480 e. The fraction of sp³-hybridized carbons (Fsp3) is 0.154. The summed E-state index contributed by atoms with van der Waals surface area (Å²) in [4.78, 5) is 10.6. The van der Waals surface area contributed by atoms with E-state index >= 15 is 0 Å². The van der Waals surface area contributed by atoms with Gasteiger partial charge in [-0.1, -0.05) is 43.5 Å². The second-order valence-electron chi connectivity index (χ2n) is 3.52. The van der Waals surface area contributed by atoms with Crippen molar-refractivity contribution in [3.05, 3.63) is 48.0 Å². The van der Waals surface area contributed by atoms with E-state index in [0.717, 1.165) is 16.7 Å². The first-order chi connectivity index (χ1) is 7.58. The molecule has 0 bridgehead atoms. The molecule has 3 nitrogen and oxygen atoms in total. The quantitative estimate of drug-likeness (QED) is 0.792. The summed E-state index contributed by atoms with van der Waals surface area (Å²) < 4.78 is 0. The van der Waals surface area contributed by atoms with Gasteiger partial charge in [0.1, 0.15) is 6.04 Å². The van der Waals surface area contributed by atoms with Gasteiger partial charge >= 0.3 is 5.97 Å². The highest BCUT2D eigenvalue weighted by atomic mass is 16.4. The Hall–Kier alpha value is -1.87. The fourth-order valence-corrected chi connectivity index (χ4v) is 1.46. The third kappa shape index (κ3) is 2.81. The molecular formula is C13H15NO2. The smallest absolute Gasteiger partial charge is 0.320 e. The molecule has 0 aliphatic rings.